The van der Waals surface area contributed by atoms with Gasteiger partial charge in [-0.25, -0.2) is 13.9 Å². The summed E-state index contributed by atoms with van der Waals surface area (Å²) >= 11 is 0. The summed E-state index contributed by atoms with van der Waals surface area (Å²) in [6, 6.07) is 19.9. The Kier molecular flexibility index (Phi) is 7.95. The number of hydrogen-bond donors (Lipinski definition) is 2. The van der Waals surface area contributed by atoms with Crippen LogP contribution in [0.4, 0.5) is 4.39 Å². The lowest BCUT2D eigenvalue weighted by atomic mass is 9.97. The standard InChI is InChI=1S/C36H36FN3O5/c1-20-18-43-29-15-25(11-10-21(29)2)33-32(34(35(41)42)45-36(4,5)6)22(3)38-31-17-28(39-40(31)33)24-9-7-8-23(14-24)27-13-12-26(37)16-30(27)44-19-20/h7-17,34-35,41-42H,1,18-19H2,2-6H3. The number of hydrogen-bond acceptors (Lipinski definition) is 7. The Bertz CT molecular complexity index is 1920. The molecule has 0 spiro atoms. The van der Waals surface area contributed by atoms with Crippen molar-refractivity contribution >= 4 is 5.65 Å². The van der Waals surface area contributed by atoms with Crippen molar-refractivity contribution < 1.29 is 28.8 Å². The Morgan fingerprint density at radius 1 is 0.911 bits per heavy atom. The zero-order valence-corrected chi connectivity index (χ0v) is 26.0. The first-order chi connectivity index (χ1) is 21.4. The number of aryl methyl sites for hydroxylation is 2. The van der Waals surface area contributed by atoms with Crippen LogP contribution in [0.15, 0.2) is 78.9 Å². The number of ether oxygens (including phenoxy) is 3. The smallest absolute Gasteiger partial charge is 0.182 e. The normalized spacial score (nSPS) is 14.2. The molecule has 6 bridgehead atoms. The molecule has 6 rings (SSSR count). The van der Waals surface area contributed by atoms with Crippen LogP contribution < -0.4 is 9.47 Å². The highest BCUT2D eigenvalue weighted by Crippen LogP contribution is 2.39. The minimum Gasteiger partial charge on any atom is -0.489 e. The van der Waals surface area contributed by atoms with Crippen LogP contribution in [0.2, 0.25) is 0 Å². The Morgan fingerprint density at radius 3 is 2.38 bits per heavy atom. The van der Waals surface area contributed by atoms with Crippen LogP contribution >= 0.6 is 0 Å². The molecule has 5 aromatic rings. The molecular weight excluding hydrogens is 573 g/mol. The van der Waals surface area contributed by atoms with E-state index in [9.17, 15) is 14.6 Å². The number of nitrogens with zero attached hydrogens (tertiary/aromatic N) is 3. The van der Waals surface area contributed by atoms with Crippen LogP contribution in [-0.4, -0.2) is 49.9 Å². The summed E-state index contributed by atoms with van der Waals surface area (Å²) < 4.78 is 34.6. The fourth-order valence-corrected chi connectivity index (χ4v) is 5.55. The van der Waals surface area contributed by atoms with Gasteiger partial charge >= 0.3 is 0 Å². The highest BCUT2D eigenvalue weighted by molar-refractivity contribution is 5.78. The minimum absolute atomic E-state index is 0.132. The van der Waals surface area contributed by atoms with Crippen molar-refractivity contribution in [1.82, 2.24) is 14.6 Å². The average Bonchev–Trinajstić information content (AvgIpc) is 3.41. The number of fused-ring (bicyclic) bond motifs is 9. The molecule has 0 fully saturated rings. The summed E-state index contributed by atoms with van der Waals surface area (Å²) in [5, 5.41) is 26.2. The van der Waals surface area contributed by atoms with E-state index >= 15 is 0 Å². The largest absolute Gasteiger partial charge is 0.489 e. The van der Waals surface area contributed by atoms with E-state index in [1.165, 1.54) is 12.1 Å². The fraction of sp³-hybridized carbons (Fsp3) is 0.278. The molecule has 0 radical (unpaired) electrons. The third kappa shape index (κ3) is 6.20. The number of benzene rings is 3. The van der Waals surface area contributed by atoms with Gasteiger partial charge in [0, 0.05) is 40.1 Å². The van der Waals surface area contributed by atoms with E-state index in [0.717, 1.165) is 27.8 Å². The molecule has 0 amide bonds. The molecule has 1 aliphatic rings. The molecule has 232 valence electrons. The molecular formula is C36H36FN3O5. The minimum atomic E-state index is -1.83. The molecule has 8 nitrogen and oxygen atoms in total. The third-order valence-corrected chi connectivity index (χ3v) is 7.60. The zero-order valence-electron chi connectivity index (χ0n) is 26.0. The van der Waals surface area contributed by atoms with Gasteiger partial charge in [0.15, 0.2) is 11.9 Å². The van der Waals surface area contributed by atoms with Crippen LogP contribution in [0.5, 0.6) is 11.5 Å². The van der Waals surface area contributed by atoms with E-state index in [2.05, 4.69) is 6.58 Å². The van der Waals surface area contributed by atoms with Crippen molar-refractivity contribution in [2.24, 2.45) is 0 Å². The molecule has 2 aromatic heterocycles. The van der Waals surface area contributed by atoms with Gasteiger partial charge in [-0.2, -0.15) is 5.10 Å². The number of aliphatic hydroxyl groups is 2. The van der Waals surface area contributed by atoms with Crippen molar-refractivity contribution in [2.75, 3.05) is 13.2 Å². The monoisotopic (exact) mass is 609 g/mol. The lowest BCUT2D eigenvalue weighted by Crippen LogP contribution is -2.31. The Morgan fingerprint density at radius 2 is 1.64 bits per heavy atom. The number of aromatic nitrogens is 3. The summed E-state index contributed by atoms with van der Waals surface area (Å²) in [5.74, 6) is 0.592. The average molecular weight is 610 g/mol. The maximum Gasteiger partial charge on any atom is 0.182 e. The maximum absolute atomic E-state index is 14.3. The lowest BCUT2D eigenvalue weighted by Gasteiger charge is -2.31. The molecule has 9 heteroatoms. The third-order valence-electron chi connectivity index (χ3n) is 7.60. The number of aliphatic hydroxyl groups excluding tert-OH is 1. The quantitative estimate of drug-likeness (QED) is 0.168. The van der Waals surface area contributed by atoms with Crippen LogP contribution in [0, 0.1) is 19.7 Å². The molecule has 0 aliphatic carbocycles. The Hall–Kier alpha value is -4.57. The molecule has 3 aromatic carbocycles. The van der Waals surface area contributed by atoms with E-state index < -0.39 is 23.8 Å². The molecule has 0 saturated carbocycles. The zero-order chi connectivity index (χ0) is 32.0. The van der Waals surface area contributed by atoms with E-state index in [1.807, 2.05) is 83.1 Å². The molecule has 0 saturated heterocycles. The number of halogens is 1. The van der Waals surface area contributed by atoms with Crippen molar-refractivity contribution in [3.05, 3.63) is 102 Å². The topological polar surface area (TPSA) is 98.3 Å². The Balaban J connectivity index is 1.65. The van der Waals surface area contributed by atoms with Gasteiger partial charge in [-0.15, -0.1) is 0 Å². The summed E-state index contributed by atoms with van der Waals surface area (Å²) in [7, 11) is 0. The van der Waals surface area contributed by atoms with Gasteiger partial charge in [0.2, 0.25) is 0 Å². The first-order valence-corrected chi connectivity index (χ1v) is 14.8. The predicted octanol–water partition coefficient (Wildman–Crippen LogP) is 6.98. The molecule has 3 heterocycles. The summed E-state index contributed by atoms with van der Waals surface area (Å²) in [5.41, 5.74) is 6.80. The lowest BCUT2D eigenvalue weighted by molar-refractivity contribution is -0.185. The van der Waals surface area contributed by atoms with Gasteiger partial charge in [-0.05, 0) is 75.6 Å². The van der Waals surface area contributed by atoms with Crippen LogP contribution in [0.25, 0.3) is 39.3 Å². The molecule has 1 unspecified atom stereocenters. The summed E-state index contributed by atoms with van der Waals surface area (Å²) in [6.45, 7) is 13.8. The predicted molar refractivity (Wildman–Crippen MR) is 171 cm³/mol. The molecule has 45 heavy (non-hydrogen) atoms. The fourth-order valence-electron chi connectivity index (χ4n) is 5.55. The molecule has 1 aliphatic heterocycles. The van der Waals surface area contributed by atoms with Gasteiger partial charge in [0.05, 0.1) is 17.0 Å². The summed E-state index contributed by atoms with van der Waals surface area (Å²) in [4.78, 5) is 4.85. The Labute approximate surface area is 261 Å². The van der Waals surface area contributed by atoms with E-state index in [-0.39, 0.29) is 13.2 Å². The van der Waals surface area contributed by atoms with Gasteiger partial charge in [0.25, 0.3) is 0 Å². The van der Waals surface area contributed by atoms with E-state index in [0.29, 0.717) is 45.4 Å². The first kappa shape index (κ1) is 30.5. The van der Waals surface area contributed by atoms with Crippen LogP contribution in [0.1, 0.15) is 43.7 Å². The second-order valence-corrected chi connectivity index (χ2v) is 12.4. The van der Waals surface area contributed by atoms with Crippen molar-refractivity contribution in [1.29, 1.82) is 0 Å². The second-order valence-electron chi connectivity index (χ2n) is 12.4. The van der Waals surface area contributed by atoms with Crippen LogP contribution in [-0.2, 0) is 4.74 Å². The second kappa shape index (κ2) is 11.7. The van der Waals surface area contributed by atoms with Gasteiger partial charge in [-0.3, -0.25) is 0 Å². The first-order valence-electron chi connectivity index (χ1n) is 14.8. The van der Waals surface area contributed by atoms with Gasteiger partial charge in [-0.1, -0.05) is 36.9 Å². The number of rotatable bonds is 3. The van der Waals surface area contributed by atoms with E-state index in [4.69, 9.17) is 24.3 Å². The van der Waals surface area contributed by atoms with Gasteiger partial charge < -0.3 is 24.4 Å². The van der Waals surface area contributed by atoms with E-state index in [1.54, 1.807) is 10.6 Å². The highest BCUT2D eigenvalue weighted by Gasteiger charge is 2.32. The maximum atomic E-state index is 14.3. The van der Waals surface area contributed by atoms with Crippen molar-refractivity contribution in [2.45, 2.75) is 52.6 Å². The SMILES string of the molecule is C=C1COc2cc(ccc2C)-c2c(C(OC(C)(C)C)C(O)O)c(C)nc3cc(nn23)-c2cccc(c2)-c2ccc(F)cc2OC1. The van der Waals surface area contributed by atoms with Gasteiger partial charge in [0.1, 0.15) is 36.6 Å². The highest BCUT2D eigenvalue weighted by atomic mass is 19.1. The summed E-state index contributed by atoms with van der Waals surface area (Å²) in [6.07, 6.45) is -2.95. The van der Waals surface area contributed by atoms with Crippen molar-refractivity contribution in [3.63, 3.8) is 0 Å². The molecule has 1 atom stereocenters. The van der Waals surface area contributed by atoms with Crippen LogP contribution in [0.3, 0.4) is 0 Å². The molecule has 2 N–H and O–H groups in total. The van der Waals surface area contributed by atoms with Crippen molar-refractivity contribution in [3.8, 4) is 45.1 Å².